The van der Waals surface area contributed by atoms with Crippen LogP contribution >= 0.6 is 0 Å². The van der Waals surface area contributed by atoms with Gasteiger partial charge in [0.25, 0.3) is 0 Å². The van der Waals surface area contributed by atoms with Gasteiger partial charge in [0, 0.05) is 53.0 Å². The number of benzene rings is 1. The molecule has 4 nitrogen and oxygen atoms in total. The van der Waals surface area contributed by atoms with Crippen molar-refractivity contribution in [3.05, 3.63) is 42.7 Å². The highest BCUT2D eigenvalue weighted by Gasteiger charge is 2.21. The molecule has 0 saturated heterocycles. The minimum Gasteiger partial charge on any atom is -0.395 e. The normalized spacial score (nSPS) is 21.3. The van der Waals surface area contributed by atoms with Crippen molar-refractivity contribution in [2.45, 2.75) is 37.8 Å². The second-order valence-electron chi connectivity index (χ2n) is 6.21. The number of hydrogen-bond donors (Lipinski definition) is 3. The van der Waals surface area contributed by atoms with E-state index in [9.17, 15) is 0 Å². The summed E-state index contributed by atoms with van der Waals surface area (Å²) in [5.41, 5.74) is 2.25. The van der Waals surface area contributed by atoms with Crippen LogP contribution in [-0.4, -0.2) is 35.3 Å². The Morgan fingerprint density at radius 2 is 1.96 bits per heavy atom. The SMILES string of the molecule is C=Cc1cncc2cccc(NC3CCC(NCCO)CC3)c12. The van der Waals surface area contributed by atoms with Crippen LogP contribution in [0.1, 0.15) is 31.2 Å². The summed E-state index contributed by atoms with van der Waals surface area (Å²) in [5.74, 6) is 0. The van der Waals surface area contributed by atoms with Crippen LogP contribution in [0.3, 0.4) is 0 Å². The molecule has 1 aromatic heterocycles. The van der Waals surface area contributed by atoms with Gasteiger partial charge in [-0.1, -0.05) is 24.8 Å². The lowest BCUT2D eigenvalue weighted by molar-refractivity contribution is 0.269. The Kier molecular flexibility index (Phi) is 5.26. The zero-order valence-corrected chi connectivity index (χ0v) is 13.5. The van der Waals surface area contributed by atoms with Crippen LogP contribution in [0.15, 0.2) is 37.2 Å². The fraction of sp³-hybridized carbons (Fsp3) is 0.421. The first-order valence-electron chi connectivity index (χ1n) is 8.41. The van der Waals surface area contributed by atoms with E-state index >= 15 is 0 Å². The quantitative estimate of drug-likeness (QED) is 0.767. The van der Waals surface area contributed by atoms with Gasteiger partial charge in [-0.2, -0.15) is 0 Å². The Hall–Kier alpha value is -1.91. The highest BCUT2D eigenvalue weighted by Crippen LogP contribution is 2.30. The van der Waals surface area contributed by atoms with Gasteiger partial charge in [0.05, 0.1) is 6.61 Å². The van der Waals surface area contributed by atoms with E-state index in [1.54, 1.807) is 0 Å². The first kappa shape index (κ1) is 16.0. The molecular formula is C19H25N3O. The molecule has 0 bridgehead atoms. The topological polar surface area (TPSA) is 57.2 Å². The maximum absolute atomic E-state index is 8.91. The Morgan fingerprint density at radius 3 is 2.70 bits per heavy atom. The third-order valence-electron chi connectivity index (χ3n) is 4.66. The molecule has 0 unspecified atom stereocenters. The number of rotatable bonds is 6. The molecule has 3 rings (SSSR count). The van der Waals surface area contributed by atoms with Crippen LogP contribution in [0.25, 0.3) is 16.8 Å². The first-order chi connectivity index (χ1) is 11.3. The Labute approximate surface area is 137 Å². The minimum atomic E-state index is 0.215. The summed E-state index contributed by atoms with van der Waals surface area (Å²) in [6.07, 6.45) is 10.2. The minimum absolute atomic E-state index is 0.215. The number of hydrogen-bond acceptors (Lipinski definition) is 4. The Balaban J connectivity index is 1.72. The van der Waals surface area contributed by atoms with Crippen LogP contribution in [0.2, 0.25) is 0 Å². The average Bonchev–Trinajstić information content (AvgIpc) is 2.61. The molecule has 1 aromatic carbocycles. The van der Waals surface area contributed by atoms with E-state index in [4.69, 9.17) is 5.11 Å². The highest BCUT2D eigenvalue weighted by atomic mass is 16.3. The molecule has 0 aliphatic heterocycles. The van der Waals surface area contributed by atoms with Crippen molar-refractivity contribution in [2.24, 2.45) is 0 Å². The van der Waals surface area contributed by atoms with Gasteiger partial charge in [0.2, 0.25) is 0 Å². The summed E-state index contributed by atoms with van der Waals surface area (Å²) in [6.45, 7) is 4.82. The van der Waals surface area contributed by atoms with Gasteiger partial charge in [-0.15, -0.1) is 0 Å². The fourth-order valence-corrected chi connectivity index (χ4v) is 3.47. The molecule has 0 radical (unpaired) electrons. The molecule has 0 spiro atoms. The van der Waals surface area contributed by atoms with Crippen molar-refractivity contribution in [1.82, 2.24) is 10.3 Å². The number of pyridine rings is 1. The van der Waals surface area contributed by atoms with Crippen molar-refractivity contribution in [3.8, 4) is 0 Å². The Bertz CT molecular complexity index is 657. The van der Waals surface area contributed by atoms with Gasteiger partial charge in [0.15, 0.2) is 0 Å². The zero-order valence-electron chi connectivity index (χ0n) is 13.5. The van der Waals surface area contributed by atoms with E-state index in [2.05, 4.69) is 40.4 Å². The van der Waals surface area contributed by atoms with Gasteiger partial charge < -0.3 is 15.7 Å². The van der Waals surface area contributed by atoms with Crippen LogP contribution in [0, 0.1) is 0 Å². The smallest absolute Gasteiger partial charge is 0.0556 e. The largest absolute Gasteiger partial charge is 0.395 e. The maximum Gasteiger partial charge on any atom is 0.0556 e. The lowest BCUT2D eigenvalue weighted by atomic mass is 9.90. The zero-order chi connectivity index (χ0) is 16.1. The molecule has 4 heteroatoms. The van der Waals surface area contributed by atoms with Crippen LogP contribution in [-0.2, 0) is 0 Å². The van der Waals surface area contributed by atoms with Gasteiger partial charge in [-0.25, -0.2) is 0 Å². The van der Waals surface area contributed by atoms with Crippen LogP contribution in [0.4, 0.5) is 5.69 Å². The number of aliphatic hydroxyl groups is 1. The molecule has 1 fully saturated rings. The molecular weight excluding hydrogens is 286 g/mol. The highest BCUT2D eigenvalue weighted by molar-refractivity contribution is 5.99. The first-order valence-corrected chi connectivity index (χ1v) is 8.41. The molecule has 3 N–H and O–H groups in total. The van der Waals surface area contributed by atoms with E-state index in [-0.39, 0.29) is 6.61 Å². The molecule has 122 valence electrons. The molecule has 1 aliphatic rings. The van der Waals surface area contributed by atoms with E-state index in [1.807, 2.05) is 18.5 Å². The summed E-state index contributed by atoms with van der Waals surface area (Å²) in [4.78, 5) is 4.28. The third-order valence-corrected chi connectivity index (χ3v) is 4.66. The number of aromatic nitrogens is 1. The number of anilines is 1. The van der Waals surface area contributed by atoms with E-state index in [0.717, 1.165) is 36.6 Å². The lowest BCUT2D eigenvalue weighted by Crippen LogP contribution is -2.38. The summed E-state index contributed by atoms with van der Waals surface area (Å²) in [6, 6.07) is 7.36. The standard InChI is InChI=1S/C19H25N3O/c1-2-14-12-20-13-15-4-3-5-18(19(14)15)22-17-8-6-16(7-9-17)21-10-11-23/h2-5,12-13,16-17,21-23H,1,6-11H2. The molecule has 2 aromatic rings. The van der Waals surface area contributed by atoms with Crippen LogP contribution in [0.5, 0.6) is 0 Å². The summed E-state index contributed by atoms with van der Waals surface area (Å²) >= 11 is 0. The lowest BCUT2D eigenvalue weighted by Gasteiger charge is -2.30. The summed E-state index contributed by atoms with van der Waals surface area (Å²) in [5, 5.41) is 18.4. The van der Waals surface area contributed by atoms with E-state index < -0.39 is 0 Å². The second-order valence-corrected chi connectivity index (χ2v) is 6.21. The van der Waals surface area contributed by atoms with Crippen molar-refractivity contribution in [3.63, 3.8) is 0 Å². The Morgan fingerprint density at radius 1 is 1.17 bits per heavy atom. The second kappa shape index (κ2) is 7.57. The molecule has 1 aliphatic carbocycles. The fourth-order valence-electron chi connectivity index (χ4n) is 3.47. The van der Waals surface area contributed by atoms with Gasteiger partial charge in [-0.05, 0) is 31.7 Å². The third kappa shape index (κ3) is 3.71. The summed E-state index contributed by atoms with van der Waals surface area (Å²) < 4.78 is 0. The monoisotopic (exact) mass is 311 g/mol. The van der Waals surface area contributed by atoms with Gasteiger partial charge in [0.1, 0.15) is 0 Å². The predicted octanol–water partition coefficient (Wildman–Crippen LogP) is 3.18. The molecule has 0 atom stereocenters. The molecule has 23 heavy (non-hydrogen) atoms. The van der Waals surface area contributed by atoms with Crippen molar-refractivity contribution in [1.29, 1.82) is 0 Å². The van der Waals surface area contributed by atoms with E-state index in [1.165, 1.54) is 11.1 Å². The number of nitrogens with zero attached hydrogens (tertiary/aromatic N) is 1. The number of fused-ring (bicyclic) bond motifs is 1. The summed E-state index contributed by atoms with van der Waals surface area (Å²) in [7, 11) is 0. The predicted molar refractivity (Wildman–Crippen MR) is 96.6 cm³/mol. The van der Waals surface area contributed by atoms with E-state index in [0.29, 0.717) is 18.6 Å². The van der Waals surface area contributed by atoms with Crippen molar-refractivity contribution >= 4 is 22.5 Å². The van der Waals surface area contributed by atoms with Crippen molar-refractivity contribution < 1.29 is 5.11 Å². The average molecular weight is 311 g/mol. The van der Waals surface area contributed by atoms with Crippen molar-refractivity contribution in [2.75, 3.05) is 18.5 Å². The molecule has 1 saturated carbocycles. The maximum atomic E-state index is 8.91. The number of aliphatic hydroxyl groups excluding tert-OH is 1. The van der Waals surface area contributed by atoms with Gasteiger partial charge >= 0.3 is 0 Å². The molecule has 1 heterocycles. The van der Waals surface area contributed by atoms with Gasteiger partial charge in [-0.3, -0.25) is 4.98 Å². The molecule has 0 amide bonds. The number of nitrogens with one attached hydrogen (secondary N) is 2. The van der Waals surface area contributed by atoms with Crippen LogP contribution < -0.4 is 10.6 Å².